The summed E-state index contributed by atoms with van der Waals surface area (Å²) in [4.78, 5) is 0. The molecule has 14 heavy (non-hydrogen) atoms. The monoisotopic (exact) mass is 187 g/mol. The molecule has 2 N–H and O–H groups in total. The van der Waals surface area contributed by atoms with Crippen molar-refractivity contribution in [1.29, 1.82) is 0 Å². The van der Waals surface area contributed by atoms with Crippen LogP contribution in [0.5, 0.6) is 0 Å². The molecule has 1 aliphatic carbocycles. The summed E-state index contributed by atoms with van der Waals surface area (Å²) in [6, 6.07) is 6.23. The summed E-state index contributed by atoms with van der Waals surface area (Å²) in [6.07, 6.45) is 3.96. The fourth-order valence-corrected chi connectivity index (χ4v) is 1.98. The van der Waals surface area contributed by atoms with Gasteiger partial charge in [0.05, 0.1) is 6.26 Å². The van der Waals surface area contributed by atoms with Gasteiger partial charge in [-0.05, 0) is 25.3 Å². The average molecular weight is 187 g/mol. The van der Waals surface area contributed by atoms with Crippen molar-refractivity contribution >= 4 is 11.0 Å². The number of nitrogens with two attached hydrogens (primary N) is 1. The number of para-hydroxylation sites is 1. The van der Waals surface area contributed by atoms with Crippen molar-refractivity contribution in [3.63, 3.8) is 0 Å². The SMILES string of the molecule is Cc1coc2c(C3(N)CC3)cccc12. The lowest BCUT2D eigenvalue weighted by atomic mass is 10.0. The van der Waals surface area contributed by atoms with Gasteiger partial charge in [-0.2, -0.15) is 0 Å². The second-order valence-electron chi connectivity index (χ2n) is 4.26. The van der Waals surface area contributed by atoms with E-state index in [-0.39, 0.29) is 5.54 Å². The summed E-state index contributed by atoms with van der Waals surface area (Å²) in [5.74, 6) is 0. The highest BCUT2D eigenvalue weighted by atomic mass is 16.3. The van der Waals surface area contributed by atoms with Crippen LogP contribution in [0, 0.1) is 6.92 Å². The normalized spacial score (nSPS) is 18.7. The second-order valence-corrected chi connectivity index (χ2v) is 4.26. The Bertz CT molecular complexity index is 494. The molecule has 0 aliphatic heterocycles. The van der Waals surface area contributed by atoms with Crippen LogP contribution >= 0.6 is 0 Å². The van der Waals surface area contributed by atoms with E-state index in [4.69, 9.17) is 10.2 Å². The summed E-state index contributed by atoms with van der Waals surface area (Å²) in [5.41, 5.74) is 9.41. The molecule has 0 amide bonds. The molecule has 72 valence electrons. The van der Waals surface area contributed by atoms with E-state index in [9.17, 15) is 0 Å². The zero-order valence-electron chi connectivity index (χ0n) is 8.21. The third kappa shape index (κ3) is 0.946. The number of rotatable bonds is 1. The van der Waals surface area contributed by atoms with Crippen molar-refractivity contribution in [3.8, 4) is 0 Å². The molecule has 0 atom stereocenters. The maximum absolute atomic E-state index is 6.18. The lowest BCUT2D eigenvalue weighted by molar-refractivity contribution is 0.597. The lowest BCUT2D eigenvalue weighted by Gasteiger charge is -2.08. The highest BCUT2D eigenvalue weighted by Crippen LogP contribution is 2.45. The van der Waals surface area contributed by atoms with Crippen LogP contribution in [0.1, 0.15) is 24.0 Å². The molecule has 2 aromatic rings. The van der Waals surface area contributed by atoms with Crippen LogP contribution < -0.4 is 5.73 Å². The Morgan fingerprint density at radius 2 is 2.14 bits per heavy atom. The maximum atomic E-state index is 6.18. The van der Waals surface area contributed by atoms with Crippen molar-refractivity contribution in [2.45, 2.75) is 25.3 Å². The zero-order valence-corrected chi connectivity index (χ0v) is 8.21. The largest absolute Gasteiger partial charge is 0.464 e. The van der Waals surface area contributed by atoms with Crippen LogP contribution in [0.15, 0.2) is 28.9 Å². The third-order valence-corrected chi connectivity index (χ3v) is 3.12. The van der Waals surface area contributed by atoms with Crippen LogP contribution in [0.4, 0.5) is 0 Å². The fourth-order valence-electron chi connectivity index (χ4n) is 1.98. The Hall–Kier alpha value is -1.28. The summed E-state index contributed by atoms with van der Waals surface area (Å²) in [7, 11) is 0. The van der Waals surface area contributed by atoms with Gasteiger partial charge in [-0.3, -0.25) is 0 Å². The Kier molecular flexibility index (Phi) is 1.38. The van der Waals surface area contributed by atoms with Crippen LogP contribution in [-0.4, -0.2) is 0 Å². The van der Waals surface area contributed by atoms with Gasteiger partial charge < -0.3 is 10.2 Å². The number of aryl methyl sites for hydroxylation is 1. The lowest BCUT2D eigenvalue weighted by Crippen LogP contribution is -2.18. The van der Waals surface area contributed by atoms with E-state index in [1.807, 2.05) is 0 Å². The first-order valence-electron chi connectivity index (χ1n) is 4.97. The number of fused-ring (bicyclic) bond motifs is 1. The fraction of sp³-hybridized carbons (Fsp3) is 0.333. The number of hydrogen-bond donors (Lipinski definition) is 1. The average Bonchev–Trinajstić information content (AvgIpc) is 2.83. The van der Waals surface area contributed by atoms with Gasteiger partial charge in [0.1, 0.15) is 5.58 Å². The molecule has 1 aromatic carbocycles. The zero-order chi connectivity index (χ0) is 9.76. The summed E-state index contributed by atoms with van der Waals surface area (Å²) < 4.78 is 5.57. The molecule has 0 radical (unpaired) electrons. The van der Waals surface area contributed by atoms with E-state index >= 15 is 0 Å². The first-order chi connectivity index (χ1) is 6.71. The topological polar surface area (TPSA) is 39.2 Å². The van der Waals surface area contributed by atoms with E-state index in [1.165, 1.54) is 16.5 Å². The highest BCUT2D eigenvalue weighted by molar-refractivity contribution is 5.84. The van der Waals surface area contributed by atoms with Crippen molar-refractivity contribution in [3.05, 3.63) is 35.6 Å². The Morgan fingerprint density at radius 1 is 1.36 bits per heavy atom. The molecular formula is C12H13NO. The van der Waals surface area contributed by atoms with Crippen LogP contribution in [-0.2, 0) is 5.54 Å². The molecule has 1 fully saturated rings. The Balaban J connectivity index is 2.34. The van der Waals surface area contributed by atoms with Crippen LogP contribution in [0.3, 0.4) is 0 Å². The molecule has 2 heteroatoms. The molecular weight excluding hydrogens is 174 g/mol. The summed E-state index contributed by atoms with van der Waals surface area (Å²) in [6.45, 7) is 2.06. The van der Waals surface area contributed by atoms with Gasteiger partial charge in [0, 0.05) is 16.5 Å². The van der Waals surface area contributed by atoms with Crippen LogP contribution in [0.25, 0.3) is 11.0 Å². The van der Waals surface area contributed by atoms with Gasteiger partial charge in [0.15, 0.2) is 0 Å². The van der Waals surface area contributed by atoms with E-state index in [2.05, 4.69) is 25.1 Å². The van der Waals surface area contributed by atoms with Gasteiger partial charge in [-0.25, -0.2) is 0 Å². The number of hydrogen-bond acceptors (Lipinski definition) is 2. The predicted octanol–water partition coefficient (Wildman–Crippen LogP) is 2.69. The molecule has 0 unspecified atom stereocenters. The quantitative estimate of drug-likeness (QED) is 0.745. The standard InChI is InChI=1S/C12H13NO/c1-8-7-14-11-9(8)3-2-4-10(11)12(13)5-6-12/h2-4,7H,5-6,13H2,1H3. The van der Waals surface area contributed by atoms with E-state index in [0.29, 0.717) is 0 Å². The van der Waals surface area contributed by atoms with Gasteiger partial charge in [0.2, 0.25) is 0 Å². The van der Waals surface area contributed by atoms with Gasteiger partial charge in [-0.15, -0.1) is 0 Å². The number of benzene rings is 1. The van der Waals surface area contributed by atoms with E-state index in [0.717, 1.165) is 18.4 Å². The second kappa shape index (κ2) is 2.39. The van der Waals surface area contributed by atoms with Crippen molar-refractivity contribution in [1.82, 2.24) is 0 Å². The smallest absolute Gasteiger partial charge is 0.139 e. The molecule has 1 heterocycles. The van der Waals surface area contributed by atoms with Gasteiger partial charge >= 0.3 is 0 Å². The minimum Gasteiger partial charge on any atom is -0.464 e. The Labute approximate surface area is 82.7 Å². The first kappa shape index (κ1) is 8.06. The molecule has 0 bridgehead atoms. The van der Waals surface area contributed by atoms with Crippen molar-refractivity contribution < 1.29 is 4.42 Å². The highest BCUT2D eigenvalue weighted by Gasteiger charge is 2.41. The third-order valence-electron chi connectivity index (χ3n) is 3.12. The Morgan fingerprint density at radius 3 is 2.86 bits per heavy atom. The molecule has 1 aromatic heterocycles. The molecule has 1 saturated carbocycles. The van der Waals surface area contributed by atoms with Gasteiger partial charge in [-0.1, -0.05) is 18.2 Å². The summed E-state index contributed by atoms with van der Waals surface area (Å²) >= 11 is 0. The predicted molar refractivity (Wildman–Crippen MR) is 56.1 cm³/mol. The van der Waals surface area contributed by atoms with Gasteiger partial charge in [0.25, 0.3) is 0 Å². The molecule has 3 rings (SSSR count). The van der Waals surface area contributed by atoms with Crippen molar-refractivity contribution in [2.24, 2.45) is 5.73 Å². The molecule has 0 spiro atoms. The van der Waals surface area contributed by atoms with E-state index < -0.39 is 0 Å². The molecule has 2 nitrogen and oxygen atoms in total. The first-order valence-corrected chi connectivity index (χ1v) is 4.97. The minimum absolute atomic E-state index is 0.107. The maximum Gasteiger partial charge on any atom is 0.139 e. The molecule has 0 saturated heterocycles. The number of furan rings is 1. The molecule has 1 aliphatic rings. The summed E-state index contributed by atoms with van der Waals surface area (Å²) in [5, 5.41) is 1.19. The van der Waals surface area contributed by atoms with Crippen LogP contribution in [0.2, 0.25) is 0 Å². The van der Waals surface area contributed by atoms with Crippen molar-refractivity contribution in [2.75, 3.05) is 0 Å². The minimum atomic E-state index is -0.107. The van der Waals surface area contributed by atoms with E-state index in [1.54, 1.807) is 6.26 Å².